The summed E-state index contributed by atoms with van der Waals surface area (Å²) in [4.78, 5) is 27.0. The minimum absolute atomic E-state index is 0. The van der Waals surface area contributed by atoms with Gasteiger partial charge in [-0.2, -0.15) is 0 Å². The SMILES string of the molecule is O=C([O-])CO.O=C([O-])CO.O=C([O-])CO.[Na+].[Na+].[Na+].[Na+].[Zr]. The minimum atomic E-state index is -1.44. The van der Waals surface area contributed by atoms with Crippen LogP contribution in [-0.2, 0) is 40.6 Å². The number of rotatable bonds is 3. The standard InChI is InChI=1S/3C2H4O3.4Na.Zr/c3*3-1-2(4)5;;;;;/h3*3H,1H2,(H,4,5);;;;;/q;;;4*+1;/p-3. The normalized spacial score (nSPS) is 5.55. The monoisotopic (exact) mass is 407 g/mol. The predicted octanol–water partition coefficient (Wildman–Crippen LogP) is -18.8. The van der Waals surface area contributed by atoms with Crippen LogP contribution in [0.1, 0.15) is 0 Å². The summed E-state index contributed by atoms with van der Waals surface area (Å²) < 4.78 is 0. The van der Waals surface area contributed by atoms with Gasteiger partial charge in [-0.25, -0.2) is 0 Å². The molecule has 0 unspecified atom stereocenters. The van der Waals surface area contributed by atoms with Gasteiger partial charge in [0.2, 0.25) is 0 Å². The van der Waals surface area contributed by atoms with E-state index in [-0.39, 0.29) is 144 Å². The number of aliphatic carboxylic acids is 3. The van der Waals surface area contributed by atoms with Gasteiger partial charge in [-0.1, -0.05) is 0 Å². The summed E-state index contributed by atoms with van der Waals surface area (Å²) in [6.07, 6.45) is 0. The zero-order valence-corrected chi connectivity index (χ0v) is 22.4. The van der Waals surface area contributed by atoms with Crippen molar-refractivity contribution in [3.05, 3.63) is 0 Å². The second-order valence-corrected chi connectivity index (χ2v) is 1.59. The van der Waals surface area contributed by atoms with Crippen LogP contribution >= 0.6 is 0 Å². The molecule has 0 radical (unpaired) electrons. The number of carbonyl (C=O) groups is 3. The molecule has 0 aromatic carbocycles. The van der Waals surface area contributed by atoms with Crippen molar-refractivity contribution in [3.63, 3.8) is 0 Å². The van der Waals surface area contributed by atoms with Crippen LogP contribution in [0.25, 0.3) is 0 Å². The Morgan fingerprint density at radius 1 is 0.600 bits per heavy atom. The third-order valence-electron chi connectivity index (χ3n) is 0.387. The smallest absolute Gasteiger partial charge is 0.548 e. The van der Waals surface area contributed by atoms with E-state index in [1.165, 1.54) is 0 Å². The first-order chi connectivity index (χ1) is 6.81. The van der Waals surface area contributed by atoms with Gasteiger partial charge >= 0.3 is 118 Å². The number of carboxylic acid groups (broad SMARTS) is 3. The fraction of sp³-hybridized carbons (Fsp3) is 0.500. The summed E-state index contributed by atoms with van der Waals surface area (Å²) >= 11 is 0. The van der Waals surface area contributed by atoms with Crippen LogP contribution in [0, 0.1) is 0 Å². The second kappa shape index (κ2) is 43.2. The molecule has 0 saturated heterocycles. The Balaban J connectivity index is -0.0000000160. The molecule has 0 bridgehead atoms. The molecule has 0 atom stereocenters. The summed E-state index contributed by atoms with van der Waals surface area (Å²) in [7, 11) is 0. The van der Waals surface area contributed by atoms with Gasteiger partial charge in [0.05, 0.1) is 37.7 Å². The fourth-order valence-electron chi connectivity index (χ4n) is 0. The quantitative estimate of drug-likeness (QED) is 0.382. The van der Waals surface area contributed by atoms with Gasteiger partial charge in [0.25, 0.3) is 0 Å². The Kier molecular flexibility index (Phi) is 107. The van der Waals surface area contributed by atoms with Crippen LogP contribution in [0.5, 0.6) is 0 Å². The fourth-order valence-corrected chi connectivity index (χ4v) is 0. The van der Waals surface area contributed by atoms with Crippen molar-refractivity contribution < 1.29 is 189 Å². The molecule has 20 heavy (non-hydrogen) atoms. The summed E-state index contributed by atoms with van der Waals surface area (Å²) in [5.41, 5.74) is 0. The van der Waals surface area contributed by atoms with E-state index in [4.69, 9.17) is 45.0 Å². The Morgan fingerprint density at radius 3 is 0.650 bits per heavy atom. The molecule has 0 aromatic rings. The van der Waals surface area contributed by atoms with E-state index in [0.717, 1.165) is 0 Å². The first-order valence-electron chi connectivity index (χ1n) is 3.23. The van der Waals surface area contributed by atoms with E-state index in [9.17, 15) is 0 Å². The molecule has 94 valence electrons. The van der Waals surface area contributed by atoms with Crippen molar-refractivity contribution in [2.45, 2.75) is 0 Å². The largest absolute Gasteiger partial charge is 1.00 e. The maximum absolute atomic E-state index is 9.01. The van der Waals surface area contributed by atoms with Crippen LogP contribution in [-0.4, -0.2) is 53.0 Å². The van der Waals surface area contributed by atoms with Crippen molar-refractivity contribution in [3.8, 4) is 0 Å². The van der Waals surface area contributed by atoms with Crippen molar-refractivity contribution in [1.82, 2.24) is 0 Å². The first-order valence-corrected chi connectivity index (χ1v) is 3.23. The van der Waals surface area contributed by atoms with Gasteiger partial charge in [0.15, 0.2) is 0 Å². The Morgan fingerprint density at radius 2 is 0.650 bits per heavy atom. The number of aliphatic hydroxyl groups is 3. The number of carbonyl (C=O) groups excluding carboxylic acids is 3. The van der Waals surface area contributed by atoms with E-state index in [2.05, 4.69) is 0 Å². The molecule has 0 rings (SSSR count). The van der Waals surface area contributed by atoms with Gasteiger partial charge in [-0.3, -0.25) is 0 Å². The first kappa shape index (κ1) is 49.5. The Labute approximate surface area is 223 Å². The molecule has 0 fully saturated rings. The molecule has 0 aromatic heterocycles. The molecule has 0 amide bonds. The molecule has 3 N–H and O–H groups in total. The zero-order chi connectivity index (χ0) is 12.9. The Hall–Kier alpha value is 3.17. The number of aliphatic hydroxyl groups excluding tert-OH is 3. The summed E-state index contributed by atoms with van der Waals surface area (Å²) in [5.74, 6) is -4.32. The third-order valence-corrected chi connectivity index (χ3v) is 0.387. The summed E-state index contributed by atoms with van der Waals surface area (Å²) in [6.45, 7) is -2.67. The Bertz CT molecular complexity index is 174. The molecular formula is C6H9Na4O9Zr+. The molecular weight excluding hydrogens is 399 g/mol. The van der Waals surface area contributed by atoms with E-state index >= 15 is 0 Å². The van der Waals surface area contributed by atoms with Gasteiger partial charge < -0.3 is 45.0 Å². The molecule has 0 saturated carbocycles. The van der Waals surface area contributed by atoms with Crippen molar-refractivity contribution in [2.24, 2.45) is 0 Å². The van der Waals surface area contributed by atoms with Crippen LogP contribution < -0.4 is 134 Å². The number of carboxylic acids is 3. The van der Waals surface area contributed by atoms with E-state index < -0.39 is 37.7 Å². The van der Waals surface area contributed by atoms with Crippen LogP contribution in [0.4, 0.5) is 0 Å². The molecule has 0 aliphatic carbocycles. The zero-order valence-electron chi connectivity index (χ0n) is 11.9. The topological polar surface area (TPSA) is 181 Å². The van der Waals surface area contributed by atoms with Crippen molar-refractivity contribution in [2.75, 3.05) is 19.8 Å². The van der Waals surface area contributed by atoms with Gasteiger partial charge in [-0.05, 0) is 0 Å². The van der Waals surface area contributed by atoms with Crippen molar-refractivity contribution in [1.29, 1.82) is 0 Å². The predicted molar refractivity (Wildman–Crippen MR) is 36.3 cm³/mol. The van der Waals surface area contributed by atoms with Gasteiger partial charge in [0, 0.05) is 26.2 Å². The van der Waals surface area contributed by atoms with E-state index in [1.54, 1.807) is 0 Å². The summed E-state index contributed by atoms with van der Waals surface area (Å²) in [5, 5.41) is 49.5. The maximum atomic E-state index is 9.01. The van der Waals surface area contributed by atoms with Crippen LogP contribution in [0.2, 0.25) is 0 Å². The third kappa shape index (κ3) is 102. The van der Waals surface area contributed by atoms with E-state index in [1.807, 2.05) is 0 Å². The molecule has 0 heterocycles. The average Bonchev–Trinajstić information content (AvgIpc) is 2.19. The van der Waals surface area contributed by atoms with Crippen molar-refractivity contribution >= 4 is 17.9 Å². The number of hydrogen-bond acceptors (Lipinski definition) is 9. The van der Waals surface area contributed by atoms with Crippen LogP contribution in [0.15, 0.2) is 0 Å². The molecule has 0 aliphatic heterocycles. The molecule has 9 nitrogen and oxygen atoms in total. The molecule has 14 heteroatoms. The van der Waals surface area contributed by atoms with Gasteiger partial charge in [0.1, 0.15) is 0 Å². The minimum Gasteiger partial charge on any atom is -0.548 e. The number of hydrogen-bond donors (Lipinski definition) is 3. The van der Waals surface area contributed by atoms with E-state index in [0.29, 0.717) is 0 Å². The molecule has 0 spiro atoms. The maximum Gasteiger partial charge on any atom is 1.00 e. The molecule has 0 aliphatic rings. The second-order valence-electron chi connectivity index (χ2n) is 1.59. The van der Waals surface area contributed by atoms with Gasteiger partial charge in [-0.15, -0.1) is 0 Å². The average molecular weight is 408 g/mol. The van der Waals surface area contributed by atoms with Crippen LogP contribution in [0.3, 0.4) is 0 Å². The summed E-state index contributed by atoms with van der Waals surface area (Å²) in [6, 6.07) is 0.